The van der Waals surface area contributed by atoms with Gasteiger partial charge in [0.1, 0.15) is 0 Å². The predicted octanol–water partition coefficient (Wildman–Crippen LogP) is 2.79. The Morgan fingerprint density at radius 1 is 1.00 bits per heavy atom. The number of carbonyl (C=O) groups excluding carboxylic acids is 2. The van der Waals surface area contributed by atoms with Crippen molar-refractivity contribution in [2.45, 2.75) is 6.42 Å². The number of allylic oxidation sites excluding steroid dienone is 1. The lowest BCUT2D eigenvalue weighted by Gasteiger charge is -2.34. The molecule has 6 heteroatoms. The molecule has 2 aromatic carbocycles. The number of amides is 2. The van der Waals surface area contributed by atoms with Crippen molar-refractivity contribution >= 4 is 11.8 Å². The third-order valence-corrected chi connectivity index (χ3v) is 4.90. The topological polar surface area (TPSA) is 59.1 Å². The number of hydrogen-bond donors (Lipinski definition) is 0. The van der Waals surface area contributed by atoms with E-state index in [0.29, 0.717) is 43.2 Å². The number of nitrogens with zero attached hydrogens (tertiary/aromatic N) is 2. The highest BCUT2D eigenvalue weighted by molar-refractivity contribution is 5.94. The summed E-state index contributed by atoms with van der Waals surface area (Å²) >= 11 is 0. The van der Waals surface area contributed by atoms with Gasteiger partial charge < -0.3 is 19.3 Å². The Bertz CT molecular complexity index is 858. The van der Waals surface area contributed by atoms with Gasteiger partial charge in [-0.3, -0.25) is 9.59 Å². The second-order valence-electron chi connectivity index (χ2n) is 6.81. The van der Waals surface area contributed by atoms with Crippen LogP contribution in [0.5, 0.6) is 11.5 Å². The molecule has 1 fully saturated rings. The molecule has 0 aliphatic carbocycles. The summed E-state index contributed by atoms with van der Waals surface area (Å²) in [5.41, 5.74) is 1.73. The van der Waals surface area contributed by atoms with Crippen molar-refractivity contribution in [1.29, 1.82) is 0 Å². The van der Waals surface area contributed by atoms with Crippen LogP contribution in [0, 0.1) is 0 Å². The summed E-state index contributed by atoms with van der Waals surface area (Å²) in [6, 6.07) is 14.8. The molecule has 0 unspecified atom stereocenters. The number of hydrogen-bond acceptors (Lipinski definition) is 4. The average molecular weight is 394 g/mol. The number of benzene rings is 2. The third kappa shape index (κ3) is 5.16. The fourth-order valence-corrected chi connectivity index (χ4v) is 3.28. The quantitative estimate of drug-likeness (QED) is 0.678. The molecule has 6 nitrogen and oxygen atoms in total. The number of rotatable bonds is 7. The standard InChI is InChI=1S/C23H26N2O4/c1-3-7-18-10-11-20(21(16-18)28-2)29-17-22(26)24-12-14-25(15-13-24)23(27)19-8-5-4-6-9-19/h3-6,8-11,16H,1,7,12-15,17H2,2H3. The summed E-state index contributed by atoms with van der Waals surface area (Å²) in [6.45, 7) is 5.68. The van der Waals surface area contributed by atoms with Gasteiger partial charge in [-0.2, -0.15) is 0 Å². The highest BCUT2D eigenvalue weighted by atomic mass is 16.5. The van der Waals surface area contributed by atoms with Crippen LogP contribution in [0.25, 0.3) is 0 Å². The van der Waals surface area contributed by atoms with Gasteiger partial charge in [-0.15, -0.1) is 6.58 Å². The Morgan fingerprint density at radius 2 is 1.69 bits per heavy atom. The summed E-state index contributed by atoms with van der Waals surface area (Å²) in [5.74, 6) is 1.02. The molecule has 0 N–H and O–H groups in total. The molecule has 152 valence electrons. The van der Waals surface area contributed by atoms with Crippen molar-refractivity contribution in [3.05, 3.63) is 72.3 Å². The van der Waals surface area contributed by atoms with Crippen LogP contribution in [0.1, 0.15) is 15.9 Å². The zero-order valence-electron chi connectivity index (χ0n) is 16.7. The number of piperazine rings is 1. The van der Waals surface area contributed by atoms with E-state index in [1.807, 2.05) is 36.4 Å². The van der Waals surface area contributed by atoms with Crippen molar-refractivity contribution in [2.24, 2.45) is 0 Å². The van der Waals surface area contributed by atoms with Crippen LogP contribution in [0.15, 0.2) is 61.2 Å². The maximum atomic E-state index is 12.5. The molecular formula is C23H26N2O4. The molecule has 0 bridgehead atoms. The number of carbonyl (C=O) groups is 2. The maximum absolute atomic E-state index is 12.5. The predicted molar refractivity (Wildman–Crippen MR) is 111 cm³/mol. The van der Waals surface area contributed by atoms with Gasteiger partial charge in [0.2, 0.25) is 0 Å². The number of ether oxygens (including phenoxy) is 2. The van der Waals surface area contributed by atoms with Crippen molar-refractivity contribution in [2.75, 3.05) is 39.9 Å². The molecular weight excluding hydrogens is 368 g/mol. The van der Waals surface area contributed by atoms with Crippen molar-refractivity contribution in [1.82, 2.24) is 9.80 Å². The van der Waals surface area contributed by atoms with E-state index in [1.165, 1.54) is 0 Å². The fourth-order valence-electron chi connectivity index (χ4n) is 3.28. The Morgan fingerprint density at radius 3 is 2.34 bits per heavy atom. The van der Waals surface area contributed by atoms with Gasteiger partial charge >= 0.3 is 0 Å². The monoisotopic (exact) mass is 394 g/mol. The first-order valence-corrected chi connectivity index (χ1v) is 9.65. The van der Waals surface area contributed by atoms with Crippen LogP contribution in [0.3, 0.4) is 0 Å². The van der Waals surface area contributed by atoms with Crippen molar-refractivity contribution < 1.29 is 19.1 Å². The Labute approximate surface area is 171 Å². The zero-order chi connectivity index (χ0) is 20.6. The van der Waals surface area contributed by atoms with Crippen LogP contribution in [0.4, 0.5) is 0 Å². The summed E-state index contributed by atoms with van der Waals surface area (Å²) < 4.78 is 11.1. The highest BCUT2D eigenvalue weighted by Gasteiger charge is 2.25. The maximum Gasteiger partial charge on any atom is 0.260 e. The second-order valence-corrected chi connectivity index (χ2v) is 6.81. The molecule has 0 radical (unpaired) electrons. The van der Waals surface area contributed by atoms with E-state index in [0.717, 1.165) is 12.0 Å². The molecule has 3 rings (SSSR count). The molecule has 1 saturated heterocycles. The smallest absolute Gasteiger partial charge is 0.260 e. The zero-order valence-corrected chi connectivity index (χ0v) is 16.7. The summed E-state index contributed by atoms with van der Waals surface area (Å²) in [5, 5.41) is 0. The van der Waals surface area contributed by atoms with Gasteiger partial charge in [-0.25, -0.2) is 0 Å². The first-order valence-electron chi connectivity index (χ1n) is 9.65. The van der Waals surface area contributed by atoms with Crippen molar-refractivity contribution in [3.63, 3.8) is 0 Å². The van der Waals surface area contributed by atoms with Crippen molar-refractivity contribution in [3.8, 4) is 11.5 Å². The molecule has 0 aromatic heterocycles. The third-order valence-electron chi connectivity index (χ3n) is 4.90. The molecule has 0 saturated carbocycles. The lowest BCUT2D eigenvalue weighted by molar-refractivity contribution is -0.134. The molecule has 0 atom stereocenters. The van der Waals surface area contributed by atoms with E-state index in [4.69, 9.17) is 9.47 Å². The Balaban J connectivity index is 1.51. The van der Waals surface area contributed by atoms with E-state index in [-0.39, 0.29) is 18.4 Å². The van der Waals surface area contributed by atoms with E-state index < -0.39 is 0 Å². The summed E-state index contributed by atoms with van der Waals surface area (Å²) in [7, 11) is 1.57. The summed E-state index contributed by atoms with van der Waals surface area (Å²) in [6.07, 6.45) is 2.56. The summed E-state index contributed by atoms with van der Waals surface area (Å²) in [4.78, 5) is 28.5. The van der Waals surface area contributed by atoms with Crippen LogP contribution >= 0.6 is 0 Å². The molecule has 0 spiro atoms. The van der Waals surface area contributed by atoms with E-state index in [1.54, 1.807) is 35.1 Å². The van der Waals surface area contributed by atoms with Gasteiger partial charge in [-0.1, -0.05) is 30.3 Å². The average Bonchev–Trinajstić information content (AvgIpc) is 2.78. The molecule has 29 heavy (non-hydrogen) atoms. The minimum absolute atomic E-state index is 0.00157. The van der Waals surface area contributed by atoms with Gasteiger partial charge in [-0.05, 0) is 36.2 Å². The van der Waals surface area contributed by atoms with Crippen LogP contribution in [-0.4, -0.2) is 61.5 Å². The van der Waals surface area contributed by atoms with Crippen LogP contribution in [0.2, 0.25) is 0 Å². The molecule has 2 aromatic rings. The SMILES string of the molecule is C=CCc1ccc(OCC(=O)N2CCN(C(=O)c3ccccc3)CC2)c(OC)c1. The minimum atomic E-state index is -0.103. The molecule has 1 heterocycles. The number of methoxy groups -OCH3 is 1. The van der Waals surface area contributed by atoms with Gasteiger partial charge in [0, 0.05) is 31.7 Å². The lowest BCUT2D eigenvalue weighted by atomic mass is 10.1. The molecule has 1 aliphatic rings. The highest BCUT2D eigenvalue weighted by Crippen LogP contribution is 2.28. The first-order chi connectivity index (χ1) is 14.1. The van der Waals surface area contributed by atoms with Gasteiger partial charge in [0.05, 0.1) is 7.11 Å². The molecule has 2 amide bonds. The fraction of sp³-hybridized carbons (Fsp3) is 0.304. The van der Waals surface area contributed by atoms with E-state index in [9.17, 15) is 9.59 Å². The lowest BCUT2D eigenvalue weighted by Crippen LogP contribution is -2.51. The Kier molecular flexibility index (Phi) is 6.89. The molecule has 1 aliphatic heterocycles. The first kappa shape index (κ1) is 20.5. The van der Waals surface area contributed by atoms with E-state index >= 15 is 0 Å². The van der Waals surface area contributed by atoms with E-state index in [2.05, 4.69) is 6.58 Å². The van der Waals surface area contributed by atoms with Crippen LogP contribution < -0.4 is 9.47 Å². The Hall–Kier alpha value is -3.28. The normalized spacial score (nSPS) is 13.7. The van der Waals surface area contributed by atoms with Gasteiger partial charge in [0.15, 0.2) is 18.1 Å². The minimum Gasteiger partial charge on any atom is -0.493 e. The van der Waals surface area contributed by atoms with Gasteiger partial charge in [0.25, 0.3) is 11.8 Å². The second kappa shape index (κ2) is 9.78. The van der Waals surface area contributed by atoms with Crippen LogP contribution in [-0.2, 0) is 11.2 Å². The largest absolute Gasteiger partial charge is 0.493 e.